The zero-order valence-corrected chi connectivity index (χ0v) is 12.5. The molecule has 5 heteroatoms. The number of carbonyl (C=O) groups is 2. The van der Waals surface area contributed by atoms with E-state index >= 15 is 0 Å². The maximum atomic E-state index is 12.1. The van der Waals surface area contributed by atoms with Gasteiger partial charge in [0.05, 0.1) is 6.07 Å². The third kappa shape index (κ3) is 4.84. The summed E-state index contributed by atoms with van der Waals surface area (Å²) in [6.07, 6.45) is 4.48. The molecule has 0 aromatic heterocycles. The van der Waals surface area contributed by atoms with Gasteiger partial charge in [0, 0.05) is 19.5 Å². The van der Waals surface area contributed by atoms with Crippen LogP contribution in [0.5, 0.6) is 0 Å². The fourth-order valence-electron chi connectivity index (χ4n) is 2.41. The summed E-state index contributed by atoms with van der Waals surface area (Å²) in [7, 11) is 0. The molecule has 0 radical (unpaired) electrons. The van der Waals surface area contributed by atoms with Crippen LogP contribution in [0.25, 0.3) is 0 Å². The van der Waals surface area contributed by atoms with Crippen molar-refractivity contribution in [3.63, 3.8) is 0 Å². The van der Waals surface area contributed by atoms with Gasteiger partial charge in [0.2, 0.25) is 11.8 Å². The molecule has 0 atom stereocenters. The van der Waals surface area contributed by atoms with E-state index in [2.05, 4.69) is 16.7 Å². The Hall–Kier alpha value is -1.57. The standard InChI is InChI=1S/C15H25N3O2/c1-12(2)10-18-13(19)6-9-17-14(20)15(11-16)7-4-3-5-8-15/h12H,3-10H2,1-2H3,(H,17,20)(H,18,19). The van der Waals surface area contributed by atoms with Crippen molar-refractivity contribution in [3.8, 4) is 6.07 Å². The molecule has 1 saturated carbocycles. The summed E-state index contributed by atoms with van der Waals surface area (Å²) in [6.45, 7) is 5.00. The highest BCUT2D eigenvalue weighted by atomic mass is 16.2. The van der Waals surface area contributed by atoms with E-state index in [0.29, 0.717) is 31.8 Å². The largest absolute Gasteiger partial charge is 0.356 e. The normalized spacial score (nSPS) is 17.3. The first-order valence-corrected chi connectivity index (χ1v) is 7.46. The Morgan fingerprint density at radius 3 is 2.40 bits per heavy atom. The zero-order valence-electron chi connectivity index (χ0n) is 12.5. The van der Waals surface area contributed by atoms with Crippen LogP contribution < -0.4 is 10.6 Å². The molecule has 20 heavy (non-hydrogen) atoms. The number of nitriles is 1. The van der Waals surface area contributed by atoms with Crippen molar-refractivity contribution >= 4 is 11.8 Å². The van der Waals surface area contributed by atoms with Crippen molar-refractivity contribution in [3.05, 3.63) is 0 Å². The van der Waals surface area contributed by atoms with Crippen LogP contribution in [0.3, 0.4) is 0 Å². The topological polar surface area (TPSA) is 82.0 Å². The van der Waals surface area contributed by atoms with Crippen molar-refractivity contribution in [1.82, 2.24) is 10.6 Å². The van der Waals surface area contributed by atoms with Gasteiger partial charge in [-0.2, -0.15) is 5.26 Å². The Labute approximate surface area is 121 Å². The highest BCUT2D eigenvalue weighted by Crippen LogP contribution is 2.35. The minimum Gasteiger partial charge on any atom is -0.356 e. The van der Waals surface area contributed by atoms with E-state index in [1.807, 2.05) is 13.8 Å². The van der Waals surface area contributed by atoms with Gasteiger partial charge >= 0.3 is 0 Å². The number of rotatable bonds is 6. The van der Waals surface area contributed by atoms with Gasteiger partial charge < -0.3 is 10.6 Å². The first kappa shape index (κ1) is 16.5. The number of carbonyl (C=O) groups excluding carboxylic acids is 2. The maximum absolute atomic E-state index is 12.1. The molecule has 0 aliphatic heterocycles. The molecule has 0 aromatic carbocycles. The maximum Gasteiger partial charge on any atom is 0.240 e. The summed E-state index contributed by atoms with van der Waals surface area (Å²) in [4.78, 5) is 23.7. The van der Waals surface area contributed by atoms with Crippen molar-refractivity contribution in [2.24, 2.45) is 11.3 Å². The lowest BCUT2D eigenvalue weighted by atomic mass is 9.74. The van der Waals surface area contributed by atoms with Gasteiger partial charge in [-0.05, 0) is 18.8 Å². The SMILES string of the molecule is CC(C)CNC(=O)CCNC(=O)C1(C#N)CCCCC1. The van der Waals surface area contributed by atoms with Crippen LogP contribution in [-0.4, -0.2) is 24.9 Å². The predicted octanol–water partition coefficient (Wildman–Crippen LogP) is 1.74. The molecule has 112 valence electrons. The second-order valence-corrected chi connectivity index (χ2v) is 5.96. The molecule has 2 N–H and O–H groups in total. The molecule has 0 saturated heterocycles. The Balaban J connectivity index is 2.32. The van der Waals surface area contributed by atoms with E-state index in [0.717, 1.165) is 19.3 Å². The van der Waals surface area contributed by atoms with E-state index < -0.39 is 5.41 Å². The van der Waals surface area contributed by atoms with Crippen molar-refractivity contribution in [2.45, 2.75) is 52.4 Å². The molecular weight excluding hydrogens is 254 g/mol. The Morgan fingerprint density at radius 1 is 1.20 bits per heavy atom. The number of hydrogen-bond donors (Lipinski definition) is 2. The van der Waals surface area contributed by atoms with E-state index in [4.69, 9.17) is 0 Å². The molecule has 1 fully saturated rings. The lowest BCUT2D eigenvalue weighted by molar-refractivity contribution is -0.129. The summed E-state index contributed by atoms with van der Waals surface area (Å²) in [5.41, 5.74) is -0.868. The van der Waals surface area contributed by atoms with Gasteiger partial charge in [0.25, 0.3) is 0 Å². The second kappa shape index (κ2) is 7.88. The Kier molecular flexibility index (Phi) is 6.50. The van der Waals surface area contributed by atoms with Gasteiger partial charge in [-0.25, -0.2) is 0 Å². The quantitative estimate of drug-likeness (QED) is 0.777. The summed E-state index contributed by atoms with van der Waals surface area (Å²) < 4.78 is 0. The van der Waals surface area contributed by atoms with Gasteiger partial charge in [0.15, 0.2) is 0 Å². The summed E-state index contributed by atoms with van der Waals surface area (Å²) >= 11 is 0. The van der Waals surface area contributed by atoms with Crippen LogP contribution in [0.2, 0.25) is 0 Å². The van der Waals surface area contributed by atoms with Gasteiger partial charge in [-0.1, -0.05) is 33.1 Å². The van der Waals surface area contributed by atoms with E-state index in [1.54, 1.807) is 0 Å². The van der Waals surface area contributed by atoms with E-state index in [1.165, 1.54) is 0 Å². The highest BCUT2D eigenvalue weighted by Gasteiger charge is 2.39. The molecular formula is C15H25N3O2. The molecule has 0 heterocycles. The number of hydrogen-bond acceptors (Lipinski definition) is 3. The molecule has 0 bridgehead atoms. The summed E-state index contributed by atoms with van der Waals surface area (Å²) in [6, 6.07) is 2.18. The number of amides is 2. The molecule has 1 aliphatic carbocycles. The van der Waals surface area contributed by atoms with Gasteiger partial charge in [-0.3, -0.25) is 9.59 Å². The average molecular weight is 279 g/mol. The lowest BCUT2D eigenvalue weighted by Crippen LogP contribution is -2.42. The lowest BCUT2D eigenvalue weighted by Gasteiger charge is -2.29. The van der Waals surface area contributed by atoms with Gasteiger partial charge in [0.1, 0.15) is 5.41 Å². The minimum absolute atomic E-state index is 0.0614. The molecule has 0 unspecified atom stereocenters. The molecule has 2 amide bonds. The second-order valence-electron chi connectivity index (χ2n) is 5.96. The van der Waals surface area contributed by atoms with Crippen LogP contribution in [0.1, 0.15) is 52.4 Å². The number of nitrogens with zero attached hydrogens (tertiary/aromatic N) is 1. The summed E-state index contributed by atoms with van der Waals surface area (Å²) in [5.74, 6) is 0.141. The Bertz CT molecular complexity index is 379. The Morgan fingerprint density at radius 2 is 1.85 bits per heavy atom. The van der Waals surface area contributed by atoms with Crippen LogP contribution in [-0.2, 0) is 9.59 Å². The van der Waals surface area contributed by atoms with Crippen molar-refractivity contribution in [2.75, 3.05) is 13.1 Å². The molecule has 0 spiro atoms. The van der Waals surface area contributed by atoms with Gasteiger partial charge in [-0.15, -0.1) is 0 Å². The first-order valence-electron chi connectivity index (χ1n) is 7.46. The minimum atomic E-state index is -0.868. The van der Waals surface area contributed by atoms with Crippen LogP contribution in [0.4, 0.5) is 0 Å². The fraction of sp³-hybridized carbons (Fsp3) is 0.800. The molecule has 1 aliphatic rings. The average Bonchev–Trinajstić information content (AvgIpc) is 2.45. The predicted molar refractivity (Wildman–Crippen MR) is 76.6 cm³/mol. The first-order chi connectivity index (χ1) is 9.50. The van der Waals surface area contributed by atoms with E-state index in [9.17, 15) is 14.9 Å². The van der Waals surface area contributed by atoms with Crippen molar-refractivity contribution in [1.29, 1.82) is 5.26 Å². The van der Waals surface area contributed by atoms with E-state index in [-0.39, 0.29) is 18.2 Å². The zero-order chi connectivity index (χ0) is 15.0. The molecule has 1 rings (SSSR count). The molecule has 0 aromatic rings. The van der Waals surface area contributed by atoms with Crippen LogP contribution >= 0.6 is 0 Å². The third-order valence-electron chi connectivity index (χ3n) is 3.70. The summed E-state index contributed by atoms with van der Waals surface area (Å²) in [5, 5.41) is 14.8. The highest BCUT2D eigenvalue weighted by molar-refractivity contribution is 5.86. The van der Waals surface area contributed by atoms with Crippen LogP contribution in [0.15, 0.2) is 0 Å². The van der Waals surface area contributed by atoms with Crippen LogP contribution in [0, 0.1) is 22.7 Å². The van der Waals surface area contributed by atoms with Crippen molar-refractivity contribution < 1.29 is 9.59 Å². The smallest absolute Gasteiger partial charge is 0.240 e. The molecule has 5 nitrogen and oxygen atoms in total. The fourth-order valence-corrected chi connectivity index (χ4v) is 2.41. The third-order valence-corrected chi connectivity index (χ3v) is 3.70. The number of nitrogens with one attached hydrogen (secondary N) is 2. The monoisotopic (exact) mass is 279 g/mol.